The lowest BCUT2D eigenvalue weighted by Crippen LogP contribution is -2.50. The molecular weight excluding hydrogens is 524 g/mol. The van der Waals surface area contributed by atoms with Gasteiger partial charge >= 0.3 is 0 Å². The molecule has 1 aromatic carbocycles. The van der Waals surface area contributed by atoms with Crippen LogP contribution in [0.15, 0.2) is 41.1 Å². The average molecular weight is 557 g/mol. The number of benzene rings is 1. The monoisotopic (exact) mass is 556 g/mol. The Morgan fingerprint density at radius 3 is 2.75 bits per heavy atom. The van der Waals surface area contributed by atoms with E-state index in [1.54, 1.807) is 4.68 Å². The first-order valence-electron chi connectivity index (χ1n) is 12.5. The minimum atomic E-state index is -0.742. The highest BCUT2D eigenvalue weighted by atomic mass is 79.9. The van der Waals surface area contributed by atoms with E-state index in [-0.39, 0.29) is 24.8 Å². The molecule has 0 bridgehead atoms. The summed E-state index contributed by atoms with van der Waals surface area (Å²) in [5.74, 6) is -0.0321. The number of aliphatic hydroxyl groups excluding tert-OH is 1. The lowest BCUT2D eigenvalue weighted by molar-refractivity contribution is -0.144. The standard InChI is InChI=1S/C26H33BrN6O3/c1-26(2,3)23(33-15-20(29-30-33)16-7-8-16)25(36)32-14-17(34)13-22(32)24(35)28-10-12-31-11-9-18-19(27)5-4-6-21(18)31/h4-6,9,11,15-17,22-23,34H,7-8,10,12-14H2,1-3H3,(H,28,35)/t17-,22+,23-/m1/s1. The van der Waals surface area contributed by atoms with E-state index < -0.39 is 23.6 Å². The van der Waals surface area contributed by atoms with Gasteiger partial charge in [-0.2, -0.15) is 0 Å². The fourth-order valence-electron chi connectivity index (χ4n) is 5.12. The molecule has 5 rings (SSSR count). The number of carbonyl (C=O) groups excluding carboxylic acids is 2. The van der Waals surface area contributed by atoms with Gasteiger partial charge in [-0.3, -0.25) is 9.59 Å². The molecule has 9 nitrogen and oxygen atoms in total. The van der Waals surface area contributed by atoms with Gasteiger partial charge in [-0.1, -0.05) is 48.0 Å². The van der Waals surface area contributed by atoms with Gasteiger partial charge in [-0.05, 0) is 36.5 Å². The smallest absolute Gasteiger partial charge is 0.248 e. The Morgan fingerprint density at radius 2 is 2.03 bits per heavy atom. The lowest BCUT2D eigenvalue weighted by atomic mass is 9.85. The second-order valence-corrected chi connectivity index (χ2v) is 11.9. The average Bonchev–Trinajstić information content (AvgIpc) is 3.21. The quantitative estimate of drug-likeness (QED) is 0.464. The fourth-order valence-corrected chi connectivity index (χ4v) is 5.61. The molecule has 3 aromatic rings. The molecule has 2 N–H and O–H groups in total. The number of β-amino-alcohol motifs (C(OH)–C–C–N with tert-alkyl or cyclic N) is 1. The Balaban J connectivity index is 1.28. The molecule has 0 spiro atoms. The molecule has 3 atom stereocenters. The highest BCUT2D eigenvalue weighted by Gasteiger charge is 2.45. The van der Waals surface area contributed by atoms with Gasteiger partial charge in [0, 0.05) is 59.7 Å². The predicted octanol–water partition coefficient (Wildman–Crippen LogP) is 3.24. The second kappa shape index (κ2) is 9.63. The first-order chi connectivity index (χ1) is 17.1. The van der Waals surface area contributed by atoms with Crippen molar-refractivity contribution in [2.75, 3.05) is 13.1 Å². The number of aliphatic hydroxyl groups is 1. The summed E-state index contributed by atoms with van der Waals surface area (Å²) in [7, 11) is 0. The largest absolute Gasteiger partial charge is 0.391 e. The number of carbonyl (C=O) groups is 2. The first-order valence-corrected chi connectivity index (χ1v) is 13.3. The maximum absolute atomic E-state index is 13.8. The highest BCUT2D eigenvalue weighted by molar-refractivity contribution is 9.10. The minimum absolute atomic E-state index is 0.129. The van der Waals surface area contributed by atoms with E-state index >= 15 is 0 Å². The summed E-state index contributed by atoms with van der Waals surface area (Å²) in [4.78, 5) is 28.5. The van der Waals surface area contributed by atoms with Crippen molar-refractivity contribution in [1.29, 1.82) is 0 Å². The van der Waals surface area contributed by atoms with Crippen molar-refractivity contribution in [2.24, 2.45) is 5.41 Å². The van der Waals surface area contributed by atoms with Crippen LogP contribution in [0.4, 0.5) is 0 Å². The van der Waals surface area contributed by atoms with Crippen LogP contribution in [0.25, 0.3) is 10.9 Å². The van der Waals surface area contributed by atoms with Crippen molar-refractivity contribution in [3.05, 3.63) is 46.8 Å². The third-order valence-electron chi connectivity index (χ3n) is 7.12. The molecule has 192 valence electrons. The third-order valence-corrected chi connectivity index (χ3v) is 7.81. The summed E-state index contributed by atoms with van der Waals surface area (Å²) >= 11 is 3.57. The van der Waals surface area contributed by atoms with Crippen LogP contribution in [0.2, 0.25) is 0 Å². The summed E-state index contributed by atoms with van der Waals surface area (Å²) in [6.07, 6.45) is 5.55. The number of rotatable bonds is 7. The number of hydrogen-bond donors (Lipinski definition) is 2. The van der Waals surface area contributed by atoms with Gasteiger partial charge in [0.25, 0.3) is 0 Å². The molecule has 2 amide bonds. The van der Waals surface area contributed by atoms with Crippen LogP contribution in [-0.4, -0.2) is 66.6 Å². The van der Waals surface area contributed by atoms with E-state index in [0.29, 0.717) is 19.0 Å². The van der Waals surface area contributed by atoms with Crippen molar-refractivity contribution < 1.29 is 14.7 Å². The topological polar surface area (TPSA) is 105 Å². The summed E-state index contributed by atoms with van der Waals surface area (Å²) in [6.45, 7) is 7.09. The molecule has 36 heavy (non-hydrogen) atoms. The van der Waals surface area contributed by atoms with Crippen molar-refractivity contribution in [3.63, 3.8) is 0 Å². The number of halogens is 1. The number of fused-ring (bicyclic) bond motifs is 1. The van der Waals surface area contributed by atoms with Gasteiger partial charge in [0.1, 0.15) is 12.1 Å². The zero-order valence-electron chi connectivity index (χ0n) is 20.9. The van der Waals surface area contributed by atoms with Crippen molar-refractivity contribution >= 4 is 38.6 Å². The van der Waals surface area contributed by atoms with Crippen LogP contribution < -0.4 is 5.32 Å². The van der Waals surface area contributed by atoms with Crippen molar-refractivity contribution in [1.82, 2.24) is 29.8 Å². The van der Waals surface area contributed by atoms with Gasteiger partial charge in [-0.25, -0.2) is 4.68 Å². The summed E-state index contributed by atoms with van der Waals surface area (Å²) in [6, 6.07) is 6.73. The summed E-state index contributed by atoms with van der Waals surface area (Å²) < 4.78 is 4.76. The van der Waals surface area contributed by atoms with E-state index in [4.69, 9.17) is 0 Å². The molecule has 3 heterocycles. The Labute approximate surface area is 219 Å². The fraction of sp³-hybridized carbons (Fsp3) is 0.538. The van der Waals surface area contributed by atoms with E-state index in [2.05, 4.69) is 36.1 Å². The number of nitrogens with zero attached hydrogens (tertiary/aromatic N) is 5. The molecule has 0 radical (unpaired) electrons. The molecule has 1 saturated heterocycles. The summed E-state index contributed by atoms with van der Waals surface area (Å²) in [5.41, 5.74) is 1.54. The molecule has 1 aliphatic heterocycles. The van der Waals surface area contributed by atoms with E-state index in [1.807, 2.05) is 57.4 Å². The molecule has 10 heteroatoms. The zero-order chi connectivity index (χ0) is 25.6. The van der Waals surface area contributed by atoms with Crippen LogP contribution >= 0.6 is 15.9 Å². The van der Waals surface area contributed by atoms with Gasteiger partial charge in [0.2, 0.25) is 11.8 Å². The lowest BCUT2D eigenvalue weighted by Gasteiger charge is -2.34. The molecule has 2 aliphatic rings. The molecule has 1 aliphatic carbocycles. The van der Waals surface area contributed by atoms with Crippen LogP contribution in [0, 0.1) is 5.41 Å². The number of hydrogen-bond acceptors (Lipinski definition) is 5. The van der Waals surface area contributed by atoms with E-state index in [1.165, 1.54) is 4.90 Å². The van der Waals surface area contributed by atoms with Crippen LogP contribution in [0.1, 0.15) is 57.7 Å². The number of nitrogens with one attached hydrogen (secondary N) is 1. The molecular formula is C26H33BrN6O3. The Bertz CT molecular complexity index is 1270. The molecule has 2 aromatic heterocycles. The molecule has 1 saturated carbocycles. The SMILES string of the molecule is CC(C)(C)[C@@H](C(=O)N1C[C@H](O)C[C@H]1C(=O)NCCn1ccc2c(Br)cccc21)n1cc(C2CC2)nn1. The summed E-state index contributed by atoms with van der Waals surface area (Å²) in [5, 5.41) is 23.1. The van der Waals surface area contributed by atoms with Crippen molar-refractivity contribution in [3.8, 4) is 0 Å². The minimum Gasteiger partial charge on any atom is -0.391 e. The third kappa shape index (κ3) is 4.93. The molecule has 2 fully saturated rings. The first kappa shape index (κ1) is 25.0. The van der Waals surface area contributed by atoms with E-state index in [0.717, 1.165) is 33.9 Å². The Hall–Kier alpha value is -2.72. The highest BCUT2D eigenvalue weighted by Crippen LogP contribution is 2.40. The number of aromatic nitrogens is 4. The van der Waals surface area contributed by atoms with Crippen LogP contribution in [0.3, 0.4) is 0 Å². The van der Waals surface area contributed by atoms with Crippen molar-refractivity contribution in [2.45, 2.75) is 70.7 Å². The maximum Gasteiger partial charge on any atom is 0.248 e. The van der Waals surface area contributed by atoms with Gasteiger partial charge in [-0.15, -0.1) is 5.10 Å². The maximum atomic E-state index is 13.8. The van der Waals surface area contributed by atoms with Gasteiger partial charge in [0.05, 0.1) is 11.8 Å². The zero-order valence-corrected chi connectivity index (χ0v) is 22.5. The Kier molecular flexibility index (Phi) is 6.67. The number of amides is 2. The van der Waals surface area contributed by atoms with Gasteiger partial charge < -0.3 is 19.9 Å². The Morgan fingerprint density at radius 1 is 1.25 bits per heavy atom. The van der Waals surface area contributed by atoms with E-state index in [9.17, 15) is 14.7 Å². The van der Waals surface area contributed by atoms with Crippen LogP contribution in [0.5, 0.6) is 0 Å². The second-order valence-electron chi connectivity index (χ2n) is 11.0. The van der Waals surface area contributed by atoms with Crippen LogP contribution in [-0.2, 0) is 16.1 Å². The molecule has 0 unspecified atom stereocenters. The number of likely N-dealkylation sites (tertiary alicyclic amines) is 1. The normalized spacial score (nSPS) is 21.2. The predicted molar refractivity (Wildman–Crippen MR) is 139 cm³/mol. The van der Waals surface area contributed by atoms with Gasteiger partial charge in [0.15, 0.2) is 0 Å².